The number of para-hydroxylation sites is 2. The Morgan fingerprint density at radius 2 is 2.04 bits per heavy atom. The molecule has 0 spiro atoms. The normalized spacial score (nSPS) is 12.0. The molecule has 0 fully saturated rings. The number of nitrogens with zero attached hydrogens (tertiary/aromatic N) is 2. The van der Waals surface area contributed by atoms with E-state index in [9.17, 15) is 14.4 Å². The Bertz CT molecular complexity index is 1120. The van der Waals surface area contributed by atoms with E-state index in [2.05, 4.69) is 10.3 Å². The van der Waals surface area contributed by atoms with Gasteiger partial charge in [0.25, 0.3) is 5.91 Å². The highest BCUT2D eigenvalue weighted by molar-refractivity contribution is 6.37. The summed E-state index contributed by atoms with van der Waals surface area (Å²) in [7, 11) is 0. The van der Waals surface area contributed by atoms with Gasteiger partial charge >= 0.3 is 11.7 Å². The highest BCUT2D eigenvalue weighted by Gasteiger charge is 2.23. The van der Waals surface area contributed by atoms with Crippen LogP contribution in [0.15, 0.2) is 39.7 Å². The molecule has 0 saturated heterocycles. The van der Waals surface area contributed by atoms with Crippen molar-refractivity contribution in [2.45, 2.75) is 19.9 Å². The molecule has 2 aromatic heterocycles. The number of fused-ring (bicyclic) bond motifs is 1. The number of aromatic nitrogens is 2. The molecule has 2 heterocycles. The van der Waals surface area contributed by atoms with Crippen molar-refractivity contribution in [2.24, 2.45) is 0 Å². The third-order valence-corrected chi connectivity index (χ3v) is 4.90. The molecule has 0 aliphatic carbocycles. The molecule has 146 valence electrons. The first kappa shape index (κ1) is 19.9. The van der Waals surface area contributed by atoms with Gasteiger partial charge in [-0.1, -0.05) is 35.3 Å². The van der Waals surface area contributed by atoms with Gasteiger partial charge in [0.1, 0.15) is 6.04 Å². The van der Waals surface area contributed by atoms with Gasteiger partial charge in [-0.25, -0.2) is 14.6 Å². The van der Waals surface area contributed by atoms with Crippen LogP contribution in [0.25, 0.3) is 11.1 Å². The fraction of sp³-hybridized carbons (Fsp3) is 0.222. The lowest BCUT2D eigenvalue weighted by Crippen LogP contribution is -2.29. The van der Waals surface area contributed by atoms with E-state index in [-0.39, 0.29) is 10.8 Å². The Morgan fingerprint density at radius 1 is 1.32 bits per heavy atom. The molecule has 8 nitrogen and oxygen atoms in total. The Labute approximate surface area is 169 Å². The summed E-state index contributed by atoms with van der Waals surface area (Å²) in [4.78, 5) is 40.3. The average molecular weight is 424 g/mol. The molecule has 0 aliphatic heterocycles. The number of hydrogen-bond donors (Lipinski definition) is 1. The van der Waals surface area contributed by atoms with E-state index in [4.69, 9.17) is 32.4 Å². The zero-order chi connectivity index (χ0) is 20.4. The monoisotopic (exact) mass is 423 g/mol. The van der Waals surface area contributed by atoms with Crippen LogP contribution in [0.2, 0.25) is 10.0 Å². The summed E-state index contributed by atoms with van der Waals surface area (Å²) in [6, 6.07) is 5.70. The summed E-state index contributed by atoms with van der Waals surface area (Å²) >= 11 is 12.0. The van der Waals surface area contributed by atoms with Crippen molar-refractivity contribution in [2.75, 3.05) is 11.9 Å². The zero-order valence-electron chi connectivity index (χ0n) is 14.9. The number of rotatable bonds is 5. The number of amides is 1. The van der Waals surface area contributed by atoms with Crippen LogP contribution in [0.5, 0.6) is 0 Å². The molecule has 1 amide bonds. The molecular formula is C18H15Cl2N3O5. The minimum Gasteiger partial charge on any atom is -0.454 e. The molecule has 0 bridgehead atoms. The van der Waals surface area contributed by atoms with Gasteiger partial charge in [0.2, 0.25) is 0 Å². The van der Waals surface area contributed by atoms with Crippen molar-refractivity contribution in [1.82, 2.24) is 9.55 Å². The number of oxazole rings is 1. The number of carbonyl (C=O) groups excluding carboxylic acids is 2. The number of nitrogens with one attached hydrogen (secondary N) is 1. The van der Waals surface area contributed by atoms with Crippen molar-refractivity contribution in [3.05, 3.63) is 56.6 Å². The number of anilines is 1. The van der Waals surface area contributed by atoms with Crippen molar-refractivity contribution in [1.29, 1.82) is 0 Å². The lowest BCUT2D eigenvalue weighted by atomic mass is 10.3. The Morgan fingerprint density at radius 3 is 2.79 bits per heavy atom. The second-order valence-electron chi connectivity index (χ2n) is 5.93. The van der Waals surface area contributed by atoms with Gasteiger partial charge in [0.05, 0.1) is 15.6 Å². The van der Waals surface area contributed by atoms with Gasteiger partial charge in [0, 0.05) is 6.20 Å². The Kier molecular flexibility index (Phi) is 5.71. The van der Waals surface area contributed by atoms with E-state index in [1.165, 1.54) is 13.1 Å². The first-order valence-electron chi connectivity index (χ1n) is 8.16. The Hall–Kier alpha value is -2.84. The predicted octanol–water partition coefficient (Wildman–Crippen LogP) is 3.35. The van der Waals surface area contributed by atoms with Gasteiger partial charge in [-0.05, 0) is 31.5 Å². The van der Waals surface area contributed by atoms with Crippen molar-refractivity contribution in [3.8, 4) is 0 Å². The van der Waals surface area contributed by atoms with Crippen LogP contribution in [0.4, 0.5) is 5.82 Å². The number of hydrogen-bond acceptors (Lipinski definition) is 6. The fourth-order valence-corrected chi connectivity index (χ4v) is 2.92. The maximum absolute atomic E-state index is 12.3. The molecule has 10 heteroatoms. The third kappa shape index (κ3) is 3.88. The summed E-state index contributed by atoms with van der Waals surface area (Å²) in [5.74, 6) is -1.99. The molecular weight excluding hydrogens is 409 g/mol. The first-order valence-corrected chi connectivity index (χ1v) is 8.92. The summed E-state index contributed by atoms with van der Waals surface area (Å²) < 4.78 is 11.3. The van der Waals surface area contributed by atoms with Gasteiger partial charge in [-0.15, -0.1) is 0 Å². The number of pyridine rings is 1. The molecule has 0 radical (unpaired) electrons. The molecule has 1 N–H and O–H groups in total. The van der Waals surface area contributed by atoms with E-state index < -0.39 is 30.3 Å². The molecule has 3 rings (SSSR count). The van der Waals surface area contributed by atoms with Crippen molar-refractivity contribution < 1.29 is 18.7 Å². The molecule has 28 heavy (non-hydrogen) atoms. The van der Waals surface area contributed by atoms with E-state index in [0.717, 1.165) is 4.57 Å². The van der Waals surface area contributed by atoms with Crippen LogP contribution >= 0.6 is 23.2 Å². The van der Waals surface area contributed by atoms with Gasteiger partial charge in [0.15, 0.2) is 18.0 Å². The van der Waals surface area contributed by atoms with Crippen molar-refractivity contribution >= 4 is 52.0 Å². The van der Waals surface area contributed by atoms with Gasteiger partial charge in [-0.3, -0.25) is 9.36 Å². The maximum atomic E-state index is 12.3. The number of carbonyl (C=O) groups is 2. The van der Waals surface area contributed by atoms with Crippen LogP contribution in [-0.2, 0) is 14.3 Å². The highest BCUT2D eigenvalue weighted by Crippen LogP contribution is 2.28. The number of benzene rings is 1. The lowest BCUT2D eigenvalue weighted by Gasteiger charge is -2.13. The third-order valence-electron chi connectivity index (χ3n) is 4.05. The predicted molar refractivity (Wildman–Crippen MR) is 104 cm³/mol. The Balaban J connectivity index is 1.66. The second-order valence-corrected chi connectivity index (χ2v) is 6.72. The summed E-state index contributed by atoms with van der Waals surface area (Å²) in [6.45, 7) is 2.58. The van der Waals surface area contributed by atoms with Gasteiger partial charge < -0.3 is 14.5 Å². The highest BCUT2D eigenvalue weighted by atomic mass is 35.5. The van der Waals surface area contributed by atoms with E-state index in [1.807, 2.05) is 0 Å². The van der Waals surface area contributed by atoms with Crippen LogP contribution < -0.4 is 11.1 Å². The summed E-state index contributed by atoms with van der Waals surface area (Å²) in [6.07, 6.45) is 1.35. The summed E-state index contributed by atoms with van der Waals surface area (Å²) in [5.41, 5.74) is 1.36. The van der Waals surface area contributed by atoms with E-state index >= 15 is 0 Å². The second kappa shape index (κ2) is 8.04. The van der Waals surface area contributed by atoms with Crippen LogP contribution in [-0.4, -0.2) is 28.0 Å². The SMILES string of the molecule is Cc1c(Cl)cnc(NC(=O)COC(=O)C(C)n2c(=O)oc3ccccc32)c1Cl. The van der Waals surface area contributed by atoms with Crippen molar-refractivity contribution in [3.63, 3.8) is 0 Å². The standard InChI is InChI=1S/C18H15Cl2N3O5/c1-9-11(19)7-21-16(15(9)20)22-14(24)8-27-17(25)10(2)23-12-5-3-4-6-13(12)28-18(23)26/h3-7,10H,8H2,1-2H3,(H,21,22,24). The topological polar surface area (TPSA) is 103 Å². The quantitative estimate of drug-likeness (QED) is 0.631. The molecule has 1 atom stereocenters. The molecule has 1 aromatic carbocycles. The zero-order valence-corrected chi connectivity index (χ0v) is 16.4. The molecule has 3 aromatic rings. The van der Waals surface area contributed by atoms with E-state index in [0.29, 0.717) is 21.7 Å². The largest absolute Gasteiger partial charge is 0.454 e. The fourth-order valence-electron chi connectivity index (χ4n) is 2.53. The average Bonchev–Trinajstić information content (AvgIpc) is 3.01. The number of ether oxygens (including phenoxy) is 1. The lowest BCUT2D eigenvalue weighted by molar-refractivity contribution is -0.150. The molecule has 0 saturated carbocycles. The number of esters is 1. The van der Waals surface area contributed by atoms with Gasteiger partial charge in [-0.2, -0.15) is 0 Å². The minimum atomic E-state index is -0.983. The van der Waals surface area contributed by atoms with Crippen LogP contribution in [0.3, 0.4) is 0 Å². The molecule has 0 aliphatic rings. The minimum absolute atomic E-state index is 0.106. The molecule has 1 unspecified atom stereocenters. The number of halogens is 2. The maximum Gasteiger partial charge on any atom is 0.420 e. The first-order chi connectivity index (χ1) is 13.3. The van der Waals surface area contributed by atoms with Crippen LogP contribution in [0.1, 0.15) is 18.5 Å². The van der Waals surface area contributed by atoms with E-state index in [1.54, 1.807) is 31.2 Å². The summed E-state index contributed by atoms with van der Waals surface area (Å²) in [5, 5.41) is 3.00. The van der Waals surface area contributed by atoms with Crippen LogP contribution in [0, 0.1) is 6.92 Å². The smallest absolute Gasteiger partial charge is 0.420 e.